The molecule has 3 nitrogen and oxygen atoms in total. The van der Waals surface area contributed by atoms with Gasteiger partial charge in [0, 0.05) is 19.1 Å². The third-order valence-electron chi connectivity index (χ3n) is 4.39. The molecule has 0 aromatic carbocycles. The maximum Gasteiger partial charge on any atom is 0.220 e. The first-order valence-electron chi connectivity index (χ1n) is 6.61. The van der Waals surface area contributed by atoms with Gasteiger partial charge in [0.05, 0.1) is 0 Å². The summed E-state index contributed by atoms with van der Waals surface area (Å²) in [5.74, 6) is 2.60. The van der Waals surface area contributed by atoms with Gasteiger partial charge in [0.1, 0.15) is 0 Å². The van der Waals surface area contributed by atoms with Crippen LogP contribution in [-0.4, -0.2) is 23.7 Å². The van der Waals surface area contributed by atoms with E-state index in [1.54, 1.807) is 0 Å². The molecule has 2 bridgehead atoms. The summed E-state index contributed by atoms with van der Waals surface area (Å²) in [6, 6.07) is 0.321. The molecular weight excluding hydrogens is 202 g/mol. The van der Waals surface area contributed by atoms with Crippen LogP contribution in [0.5, 0.6) is 0 Å². The Balaban J connectivity index is 1.75. The molecule has 3 heteroatoms. The number of aliphatic hydroxyl groups is 1. The maximum absolute atomic E-state index is 11.6. The van der Waals surface area contributed by atoms with Crippen molar-refractivity contribution in [2.45, 2.75) is 51.5 Å². The summed E-state index contributed by atoms with van der Waals surface area (Å²) in [6.07, 6.45) is 6.52. The second kappa shape index (κ2) is 5.17. The van der Waals surface area contributed by atoms with E-state index in [-0.39, 0.29) is 12.5 Å². The van der Waals surface area contributed by atoms with Crippen LogP contribution in [0.3, 0.4) is 0 Å². The van der Waals surface area contributed by atoms with Crippen molar-refractivity contribution in [3.8, 4) is 0 Å². The molecule has 2 N–H and O–H groups in total. The van der Waals surface area contributed by atoms with E-state index in [4.69, 9.17) is 5.11 Å². The summed E-state index contributed by atoms with van der Waals surface area (Å²) in [7, 11) is 0. The van der Waals surface area contributed by atoms with Crippen LogP contribution in [0.2, 0.25) is 0 Å². The van der Waals surface area contributed by atoms with E-state index in [0.29, 0.717) is 24.8 Å². The molecule has 4 unspecified atom stereocenters. The predicted octanol–water partition coefficient (Wildman–Crippen LogP) is 1.70. The zero-order valence-electron chi connectivity index (χ0n) is 10.1. The fourth-order valence-electron chi connectivity index (χ4n) is 3.58. The normalized spacial score (nSPS) is 34.0. The highest BCUT2D eigenvalue weighted by atomic mass is 16.3. The summed E-state index contributed by atoms with van der Waals surface area (Å²) in [4.78, 5) is 11.6. The van der Waals surface area contributed by atoms with Gasteiger partial charge in [0.15, 0.2) is 0 Å². The van der Waals surface area contributed by atoms with Crippen LogP contribution in [0.1, 0.15) is 45.4 Å². The van der Waals surface area contributed by atoms with E-state index in [9.17, 15) is 4.79 Å². The fraction of sp³-hybridized carbons (Fsp3) is 0.923. The van der Waals surface area contributed by atoms with Crippen LogP contribution in [0.25, 0.3) is 0 Å². The molecule has 0 heterocycles. The lowest BCUT2D eigenvalue weighted by Crippen LogP contribution is -2.40. The molecular formula is C13H23NO2. The van der Waals surface area contributed by atoms with Crippen LogP contribution in [-0.2, 0) is 4.79 Å². The molecule has 16 heavy (non-hydrogen) atoms. The van der Waals surface area contributed by atoms with Gasteiger partial charge in [0.2, 0.25) is 5.91 Å². The number of hydrogen-bond donors (Lipinski definition) is 2. The van der Waals surface area contributed by atoms with Crippen molar-refractivity contribution in [3.05, 3.63) is 0 Å². The predicted molar refractivity (Wildman–Crippen MR) is 62.9 cm³/mol. The van der Waals surface area contributed by atoms with Crippen molar-refractivity contribution in [3.63, 3.8) is 0 Å². The summed E-state index contributed by atoms with van der Waals surface area (Å²) >= 11 is 0. The van der Waals surface area contributed by atoms with Crippen molar-refractivity contribution < 1.29 is 9.90 Å². The summed E-state index contributed by atoms with van der Waals surface area (Å²) in [5, 5.41) is 11.8. The Bertz CT molecular complexity index is 254. The van der Waals surface area contributed by atoms with Gasteiger partial charge < -0.3 is 10.4 Å². The number of carbonyl (C=O) groups excluding carboxylic acids is 1. The van der Waals surface area contributed by atoms with Gasteiger partial charge >= 0.3 is 0 Å². The SMILES string of the molecule is CC(NC(=O)CCCO)C1CC2CCC1C2. The van der Waals surface area contributed by atoms with E-state index >= 15 is 0 Å². The van der Waals surface area contributed by atoms with E-state index in [1.807, 2.05) is 0 Å². The zero-order chi connectivity index (χ0) is 11.5. The van der Waals surface area contributed by atoms with Gasteiger partial charge in [0.25, 0.3) is 0 Å². The van der Waals surface area contributed by atoms with Gasteiger partial charge in [-0.25, -0.2) is 0 Å². The molecule has 2 rings (SSSR count). The molecule has 0 radical (unpaired) electrons. The molecule has 0 aliphatic heterocycles. The molecule has 4 atom stereocenters. The smallest absolute Gasteiger partial charge is 0.220 e. The van der Waals surface area contributed by atoms with Crippen LogP contribution in [0.4, 0.5) is 0 Å². The average molecular weight is 225 g/mol. The van der Waals surface area contributed by atoms with E-state index in [2.05, 4.69) is 12.2 Å². The molecule has 2 aliphatic rings. The molecule has 0 spiro atoms. The summed E-state index contributed by atoms with van der Waals surface area (Å²) in [5.41, 5.74) is 0. The maximum atomic E-state index is 11.6. The lowest BCUT2D eigenvalue weighted by molar-refractivity contribution is -0.122. The second-order valence-corrected chi connectivity index (χ2v) is 5.52. The standard InChI is InChI=1S/C13H23NO2/c1-9(14-13(16)3-2-6-15)12-8-10-4-5-11(12)7-10/h9-12,15H,2-8H2,1H3,(H,14,16). The highest BCUT2D eigenvalue weighted by molar-refractivity contribution is 5.76. The van der Waals surface area contributed by atoms with Crippen molar-refractivity contribution in [1.29, 1.82) is 0 Å². The van der Waals surface area contributed by atoms with Crippen LogP contribution < -0.4 is 5.32 Å². The molecule has 0 saturated heterocycles. The van der Waals surface area contributed by atoms with E-state index in [0.717, 1.165) is 11.8 Å². The Morgan fingerprint density at radius 1 is 1.44 bits per heavy atom. The lowest BCUT2D eigenvalue weighted by atomic mass is 9.84. The Labute approximate surface area is 97.6 Å². The first kappa shape index (κ1) is 11.9. The van der Waals surface area contributed by atoms with Crippen molar-refractivity contribution in [1.82, 2.24) is 5.32 Å². The van der Waals surface area contributed by atoms with Gasteiger partial charge in [-0.1, -0.05) is 6.42 Å². The molecule has 2 fully saturated rings. The number of aliphatic hydroxyl groups excluding tert-OH is 1. The first-order valence-corrected chi connectivity index (χ1v) is 6.61. The highest BCUT2D eigenvalue weighted by Gasteiger charge is 2.41. The summed E-state index contributed by atoms with van der Waals surface area (Å²) < 4.78 is 0. The van der Waals surface area contributed by atoms with Gasteiger partial charge in [-0.05, 0) is 50.4 Å². The molecule has 1 amide bonds. The minimum atomic E-state index is 0.101. The Morgan fingerprint density at radius 3 is 2.81 bits per heavy atom. The number of fused-ring (bicyclic) bond motifs is 2. The molecule has 0 aromatic heterocycles. The Morgan fingerprint density at radius 2 is 2.25 bits per heavy atom. The van der Waals surface area contributed by atoms with Crippen molar-refractivity contribution >= 4 is 5.91 Å². The first-order chi connectivity index (χ1) is 7.70. The Kier molecular flexibility index (Phi) is 3.85. The van der Waals surface area contributed by atoms with Gasteiger partial charge in [-0.15, -0.1) is 0 Å². The highest BCUT2D eigenvalue weighted by Crippen LogP contribution is 2.49. The third-order valence-corrected chi connectivity index (χ3v) is 4.39. The zero-order valence-corrected chi connectivity index (χ0v) is 10.1. The van der Waals surface area contributed by atoms with Gasteiger partial charge in [-0.2, -0.15) is 0 Å². The minimum absolute atomic E-state index is 0.101. The van der Waals surface area contributed by atoms with Crippen molar-refractivity contribution in [2.75, 3.05) is 6.61 Å². The summed E-state index contributed by atoms with van der Waals surface area (Å²) in [6.45, 7) is 2.25. The number of nitrogens with one attached hydrogen (secondary N) is 1. The number of rotatable bonds is 5. The number of hydrogen-bond acceptors (Lipinski definition) is 2. The van der Waals surface area contributed by atoms with Gasteiger partial charge in [-0.3, -0.25) is 4.79 Å². The topological polar surface area (TPSA) is 49.3 Å². The quantitative estimate of drug-likeness (QED) is 0.748. The minimum Gasteiger partial charge on any atom is -0.396 e. The van der Waals surface area contributed by atoms with E-state index < -0.39 is 0 Å². The van der Waals surface area contributed by atoms with E-state index in [1.165, 1.54) is 25.7 Å². The number of carbonyl (C=O) groups is 1. The molecule has 2 aliphatic carbocycles. The molecule has 0 aromatic rings. The average Bonchev–Trinajstić information content (AvgIpc) is 2.87. The van der Waals surface area contributed by atoms with Crippen LogP contribution in [0.15, 0.2) is 0 Å². The largest absolute Gasteiger partial charge is 0.396 e. The second-order valence-electron chi connectivity index (χ2n) is 5.52. The lowest BCUT2D eigenvalue weighted by Gasteiger charge is -2.28. The molecule has 92 valence electrons. The number of amides is 1. The van der Waals surface area contributed by atoms with Crippen LogP contribution >= 0.6 is 0 Å². The van der Waals surface area contributed by atoms with Crippen molar-refractivity contribution in [2.24, 2.45) is 17.8 Å². The monoisotopic (exact) mass is 225 g/mol. The fourth-order valence-corrected chi connectivity index (χ4v) is 3.58. The van der Waals surface area contributed by atoms with Crippen LogP contribution in [0, 0.1) is 17.8 Å². The Hall–Kier alpha value is -0.570. The third kappa shape index (κ3) is 2.57. The molecule has 2 saturated carbocycles.